The maximum atomic E-state index is 5.71. The second kappa shape index (κ2) is 4.86. The minimum Gasteiger partial charge on any atom is -0.368 e. The van der Waals surface area contributed by atoms with Crippen molar-refractivity contribution in [1.82, 2.24) is 10.3 Å². The lowest BCUT2D eigenvalue weighted by Crippen LogP contribution is -2.33. The molecule has 2 aromatic heterocycles. The molecular formula is C12H14N2OS2. The van der Waals surface area contributed by atoms with Gasteiger partial charge in [-0.25, -0.2) is 4.98 Å². The Morgan fingerprint density at radius 2 is 2.41 bits per heavy atom. The predicted octanol–water partition coefficient (Wildman–Crippen LogP) is 2.84. The Balaban J connectivity index is 1.82. The minimum atomic E-state index is 0.128. The van der Waals surface area contributed by atoms with Crippen LogP contribution in [0.25, 0.3) is 10.6 Å². The van der Waals surface area contributed by atoms with E-state index in [1.165, 1.54) is 9.75 Å². The lowest BCUT2D eigenvalue weighted by atomic mass is 10.3. The van der Waals surface area contributed by atoms with E-state index < -0.39 is 0 Å². The fraction of sp³-hybridized carbons (Fsp3) is 0.417. The summed E-state index contributed by atoms with van der Waals surface area (Å²) in [6.07, 6.45) is 0.128. The monoisotopic (exact) mass is 266 g/mol. The summed E-state index contributed by atoms with van der Waals surface area (Å²) in [5.41, 5.74) is 1.08. The van der Waals surface area contributed by atoms with Crippen LogP contribution in [-0.2, 0) is 4.74 Å². The molecule has 17 heavy (non-hydrogen) atoms. The van der Waals surface area contributed by atoms with E-state index in [4.69, 9.17) is 4.74 Å². The fourth-order valence-electron chi connectivity index (χ4n) is 1.84. The van der Waals surface area contributed by atoms with E-state index in [9.17, 15) is 0 Å². The number of rotatable bonds is 2. The number of thiazole rings is 1. The first-order valence-electron chi connectivity index (χ1n) is 5.67. The number of ether oxygens (including phenoxy) is 1. The van der Waals surface area contributed by atoms with Gasteiger partial charge >= 0.3 is 0 Å². The van der Waals surface area contributed by atoms with Crippen LogP contribution in [-0.4, -0.2) is 24.7 Å². The van der Waals surface area contributed by atoms with E-state index in [1.807, 2.05) is 0 Å². The van der Waals surface area contributed by atoms with E-state index in [0.29, 0.717) is 0 Å². The van der Waals surface area contributed by atoms with Crippen molar-refractivity contribution in [2.45, 2.75) is 13.0 Å². The van der Waals surface area contributed by atoms with Crippen LogP contribution < -0.4 is 5.32 Å². The molecule has 1 fully saturated rings. The van der Waals surface area contributed by atoms with E-state index in [0.717, 1.165) is 30.4 Å². The van der Waals surface area contributed by atoms with Crippen LogP contribution in [0.2, 0.25) is 0 Å². The van der Waals surface area contributed by atoms with Crippen molar-refractivity contribution in [3.05, 3.63) is 27.4 Å². The molecule has 1 aliphatic rings. The Morgan fingerprint density at radius 1 is 1.47 bits per heavy atom. The summed E-state index contributed by atoms with van der Waals surface area (Å²) < 4.78 is 5.71. The van der Waals surface area contributed by atoms with E-state index in [-0.39, 0.29) is 6.10 Å². The van der Waals surface area contributed by atoms with Crippen molar-refractivity contribution >= 4 is 22.7 Å². The summed E-state index contributed by atoms with van der Waals surface area (Å²) in [4.78, 5) is 7.25. The summed E-state index contributed by atoms with van der Waals surface area (Å²) in [6, 6.07) is 4.27. The molecule has 0 aromatic carbocycles. The fourth-order valence-corrected chi connectivity index (χ4v) is 3.61. The lowest BCUT2D eigenvalue weighted by Gasteiger charge is -2.21. The van der Waals surface area contributed by atoms with Crippen LogP contribution in [0.4, 0.5) is 0 Å². The van der Waals surface area contributed by atoms with Crippen molar-refractivity contribution in [2.24, 2.45) is 0 Å². The van der Waals surface area contributed by atoms with Crippen LogP contribution in [0.3, 0.4) is 0 Å². The number of aryl methyl sites for hydroxylation is 1. The van der Waals surface area contributed by atoms with Crippen LogP contribution in [0, 0.1) is 6.92 Å². The molecule has 3 heterocycles. The van der Waals surface area contributed by atoms with E-state index in [1.54, 1.807) is 22.7 Å². The van der Waals surface area contributed by atoms with Crippen molar-refractivity contribution in [1.29, 1.82) is 0 Å². The molecule has 0 saturated carbocycles. The van der Waals surface area contributed by atoms with Crippen LogP contribution in [0.5, 0.6) is 0 Å². The van der Waals surface area contributed by atoms with Gasteiger partial charge < -0.3 is 10.1 Å². The van der Waals surface area contributed by atoms with Gasteiger partial charge in [-0.05, 0) is 19.1 Å². The van der Waals surface area contributed by atoms with Gasteiger partial charge in [0.15, 0.2) is 0 Å². The van der Waals surface area contributed by atoms with Gasteiger partial charge in [0.1, 0.15) is 11.1 Å². The largest absolute Gasteiger partial charge is 0.368 e. The summed E-state index contributed by atoms with van der Waals surface area (Å²) >= 11 is 3.48. The molecule has 90 valence electrons. The molecule has 3 nitrogen and oxygen atoms in total. The lowest BCUT2D eigenvalue weighted by molar-refractivity contribution is 0.0276. The Morgan fingerprint density at radius 3 is 3.12 bits per heavy atom. The molecule has 0 amide bonds. The maximum absolute atomic E-state index is 5.71. The van der Waals surface area contributed by atoms with Crippen molar-refractivity contribution in [3.63, 3.8) is 0 Å². The number of thiophene rings is 1. The third-order valence-electron chi connectivity index (χ3n) is 2.72. The van der Waals surface area contributed by atoms with Gasteiger partial charge in [-0.1, -0.05) is 0 Å². The second-order valence-electron chi connectivity index (χ2n) is 4.04. The smallest absolute Gasteiger partial charge is 0.124 e. The Labute approximate surface area is 108 Å². The highest BCUT2D eigenvalue weighted by Gasteiger charge is 2.19. The standard InChI is InChI=1S/C12H14N2OS2/c1-8-2-3-11(17-8)9-7-16-12(14-9)10-6-13-4-5-15-10/h2-3,7,10,13H,4-6H2,1H3. The maximum Gasteiger partial charge on any atom is 0.124 e. The van der Waals surface area contributed by atoms with Gasteiger partial charge in [0.05, 0.1) is 17.2 Å². The third-order valence-corrected chi connectivity index (χ3v) is 4.68. The molecule has 1 saturated heterocycles. The molecule has 5 heteroatoms. The van der Waals surface area contributed by atoms with Crippen LogP contribution >= 0.6 is 22.7 Å². The molecule has 0 bridgehead atoms. The van der Waals surface area contributed by atoms with Gasteiger partial charge in [0, 0.05) is 23.3 Å². The number of hydrogen-bond acceptors (Lipinski definition) is 5. The SMILES string of the molecule is Cc1ccc(-c2csc(C3CNCCO3)n2)s1. The molecular weight excluding hydrogens is 252 g/mol. The molecule has 0 radical (unpaired) electrons. The molecule has 2 aromatic rings. The van der Waals surface area contributed by atoms with Gasteiger partial charge in [-0.2, -0.15) is 0 Å². The molecule has 1 atom stereocenters. The number of aromatic nitrogens is 1. The van der Waals surface area contributed by atoms with Crippen molar-refractivity contribution in [3.8, 4) is 10.6 Å². The quantitative estimate of drug-likeness (QED) is 0.907. The zero-order chi connectivity index (χ0) is 11.7. The number of nitrogens with one attached hydrogen (secondary N) is 1. The average molecular weight is 266 g/mol. The van der Waals surface area contributed by atoms with Gasteiger partial charge in [-0.15, -0.1) is 22.7 Å². The molecule has 0 spiro atoms. The van der Waals surface area contributed by atoms with Gasteiger partial charge in [0.25, 0.3) is 0 Å². The highest BCUT2D eigenvalue weighted by molar-refractivity contribution is 7.16. The first-order chi connectivity index (χ1) is 8.33. The summed E-state index contributed by atoms with van der Waals surface area (Å²) in [5.74, 6) is 0. The number of morpholine rings is 1. The third kappa shape index (κ3) is 2.42. The van der Waals surface area contributed by atoms with E-state index in [2.05, 4.69) is 34.7 Å². The van der Waals surface area contributed by atoms with E-state index >= 15 is 0 Å². The number of hydrogen-bond donors (Lipinski definition) is 1. The predicted molar refractivity (Wildman–Crippen MR) is 71.7 cm³/mol. The first-order valence-corrected chi connectivity index (χ1v) is 7.37. The molecule has 0 aliphatic carbocycles. The topological polar surface area (TPSA) is 34.1 Å². The van der Waals surface area contributed by atoms with Crippen molar-refractivity contribution < 1.29 is 4.74 Å². The highest BCUT2D eigenvalue weighted by atomic mass is 32.1. The zero-order valence-electron chi connectivity index (χ0n) is 9.60. The van der Waals surface area contributed by atoms with Gasteiger partial charge in [-0.3, -0.25) is 0 Å². The summed E-state index contributed by atoms with van der Waals surface area (Å²) in [6.45, 7) is 4.71. The Hall–Kier alpha value is -0.750. The zero-order valence-corrected chi connectivity index (χ0v) is 11.2. The Bertz CT molecular complexity index is 500. The molecule has 1 N–H and O–H groups in total. The summed E-state index contributed by atoms with van der Waals surface area (Å²) in [5, 5.41) is 6.54. The van der Waals surface area contributed by atoms with Crippen LogP contribution in [0.15, 0.2) is 17.5 Å². The average Bonchev–Trinajstić information content (AvgIpc) is 2.98. The molecule has 3 rings (SSSR count). The summed E-state index contributed by atoms with van der Waals surface area (Å²) in [7, 11) is 0. The van der Waals surface area contributed by atoms with Crippen molar-refractivity contribution in [2.75, 3.05) is 19.7 Å². The Kier molecular flexibility index (Phi) is 3.24. The molecule has 1 aliphatic heterocycles. The normalized spacial score (nSPS) is 20.6. The second-order valence-corrected chi connectivity index (χ2v) is 6.22. The van der Waals surface area contributed by atoms with Crippen LogP contribution in [0.1, 0.15) is 16.0 Å². The highest BCUT2D eigenvalue weighted by Crippen LogP contribution is 2.31. The number of nitrogens with zero attached hydrogens (tertiary/aromatic N) is 1. The first kappa shape index (κ1) is 11.3. The molecule has 1 unspecified atom stereocenters. The van der Waals surface area contributed by atoms with Gasteiger partial charge in [0.2, 0.25) is 0 Å². The minimum absolute atomic E-state index is 0.128.